The molecule has 0 fully saturated rings. The van der Waals surface area contributed by atoms with E-state index in [0.717, 1.165) is 41.6 Å². The first kappa shape index (κ1) is 21.2. The van der Waals surface area contributed by atoms with Crippen LogP contribution in [0.1, 0.15) is 12.5 Å². The van der Waals surface area contributed by atoms with E-state index >= 15 is 0 Å². The van der Waals surface area contributed by atoms with Gasteiger partial charge in [0.1, 0.15) is 11.7 Å². The van der Waals surface area contributed by atoms with Crippen LogP contribution in [0.5, 0.6) is 0 Å². The van der Waals surface area contributed by atoms with Gasteiger partial charge >= 0.3 is 0 Å². The highest BCUT2D eigenvalue weighted by Crippen LogP contribution is 2.37. The summed E-state index contributed by atoms with van der Waals surface area (Å²) in [5, 5.41) is 0. The monoisotopic (exact) mass is 397 g/mol. The Balaban J connectivity index is 2.03. The Morgan fingerprint density at radius 1 is 1.03 bits per heavy atom. The van der Waals surface area contributed by atoms with Crippen molar-refractivity contribution in [2.75, 3.05) is 45.4 Å². The molecule has 5 nitrogen and oxygen atoms in total. The third-order valence-electron chi connectivity index (χ3n) is 5.12. The smallest absolute Gasteiger partial charge is 0.131 e. The third kappa shape index (κ3) is 4.72. The van der Waals surface area contributed by atoms with Crippen LogP contribution in [0.15, 0.2) is 60.1 Å². The fourth-order valence-corrected chi connectivity index (χ4v) is 3.49. The maximum absolute atomic E-state index is 13.5. The number of halogens is 1. The van der Waals surface area contributed by atoms with E-state index in [0.29, 0.717) is 13.2 Å². The second-order valence-corrected chi connectivity index (χ2v) is 6.94. The predicted octanol–water partition coefficient (Wildman–Crippen LogP) is 4.33. The SMILES string of the molecule is C=C1c2ccccc2N=C(C(C)N(CCOC)CCOC)N1c1ccc(F)cc1. The topological polar surface area (TPSA) is 37.3 Å². The van der Waals surface area contributed by atoms with E-state index in [4.69, 9.17) is 14.5 Å². The number of benzene rings is 2. The van der Waals surface area contributed by atoms with Crippen LogP contribution in [0, 0.1) is 5.82 Å². The van der Waals surface area contributed by atoms with Crippen molar-refractivity contribution in [3.8, 4) is 0 Å². The Morgan fingerprint density at radius 2 is 1.66 bits per heavy atom. The summed E-state index contributed by atoms with van der Waals surface area (Å²) in [6.45, 7) is 9.14. The van der Waals surface area contributed by atoms with Crippen molar-refractivity contribution in [3.05, 3.63) is 66.5 Å². The summed E-state index contributed by atoms with van der Waals surface area (Å²) in [7, 11) is 3.39. The average molecular weight is 397 g/mol. The summed E-state index contributed by atoms with van der Waals surface area (Å²) in [4.78, 5) is 9.26. The maximum atomic E-state index is 13.5. The lowest BCUT2D eigenvalue weighted by Gasteiger charge is -2.39. The minimum atomic E-state index is -0.273. The Morgan fingerprint density at radius 3 is 2.28 bits per heavy atom. The quantitative estimate of drug-likeness (QED) is 0.631. The number of amidine groups is 1. The highest BCUT2D eigenvalue weighted by Gasteiger charge is 2.31. The average Bonchev–Trinajstić information content (AvgIpc) is 2.74. The van der Waals surface area contributed by atoms with Gasteiger partial charge in [-0.05, 0) is 37.3 Å². The van der Waals surface area contributed by atoms with Crippen molar-refractivity contribution in [2.45, 2.75) is 13.0 Å². The van der Waals surface area contributed by atoms with Crippen molar-refractivity contribution >= 4 is 22.9 Å². The molecule has 1 aliphatic rings. The molecule has 0 spiro atoms. The molecule has 2 aromatic carbocycles. The van der Waals surface area contributed by atoms with Crippen LogP contribution in [-0.4, -0.2) is 57.3 Å². The van der Waals surface area contributed by atoms with Crippen molar-refractivity contribution in [2.24, 2.45) is 4.99 Å². The molecule has 1 aliphatic heterocycles. The molecular weight excluding hydrogens is 369 g/mol. The molecule has 3 rings (SSSR count). The van der Waals surface area contributed by atoms with Crippen LogP contribution < -0.4 is 4.90 Å². The van der Waals surface area contributed by atoms with E-state index in [1.807, 2.05) is 29.2 Å². The Hall–Kier alpha value is -2.54. The van der Waals surface area contributed by atoms with Crippen molar-refractivity contribution in [1.29, 1.82) is 0 Å². The van der Waals surface area contributed by atoms with Crippen LogP contribution in [0.4, 0.5) is 15.8 Å². The minimum Gasteiger partial charge on any atom is -0.383 e. The predicted molar refractivity (Wildman–Crippen MR) is 116 cm³/mol. The summed E-state index contributed by atoms with van der Waals surface area (Å²) < 4.78 is 24.1. The first-order valence-electron chi connectivity index (χ1n) is 9.71. The van der Waals surface area contributed by atoms with Crippen LogP contribution in [-0.2, 0) is 9.47 Å². The highest BCUT2D eigenvalue weighted by molar-refractivity contribution is 6.15. The van der Waals surface area contributed by atoms with Crippen LogP contribution >= 0.6 is 0 Å². The molecule has 1 heterocycles. The van der Waals surface area contributed by atoms with E-state index < -0.39 is 0 Å². The Bertz CT molecular complexity index is 859. The largest absolute Gasteiger partial charge is 0.383 e. The number of fused-ring (bicyclic) bond motifs is 1. The van der Waals surface area contributed by atoms with Crippen LogP contribution in [0.25, 0.3) is 5.70 Å². The summed E-state index contributed by atoms with van der Waals surface area (Å²) in [6.07, 6.45) is 0. The molecule has 0 bridgehead atoms. The minimum absolute atomic E-state index is 0.0320. The van der Waals surface area contributed by atoms with Gasteiger partial charge in [-0.3, -0.25) is 9.80 Å². The molecular formula is C23H28FN3O2. The van der Waals surface area contributed by atoms with Gasteiger partial charge in [0.05, 0.1) is 24.9 Å². The first-order chi connectivity index (χ1) is 14.1. The van der Waals surface area contributed by atoms with Crippen LogP contribution in [0.3, 0.4) is 0 Å². The second kappa shape index (κ2) is 9.78. The van der Waals surface area contributed by atoms with E-state index in [-0.39, 0.29) is 11.9 Å². The zero-order valence-corrected chi connectivity index (χ0v) is 17.3. The van der Waals surface area contributed by atoms with Crippen molar-refractivity contribution in [1.82, 2.24) is 4.90 Å². The number of nitrogens with zero attached hydrogens (tertiary/aromatic N) is 3. The molecule has 6 heteroatoms. The number of hydrogen-bond acceptors (Lipinski definition) is 5. The fourth-order valence-electron chi connectivity index (χ4n) is 3.49. The number of para-hydroxylation sites is 1. The maximum Gasteiger partial charge on any atom is 0.131 e. The Labute approximate surface area is 172 Å². The summed E-state index contributed by atoms with van der Waals surface area (Å²) >= 11 is 0. The normalized spacial score (nSPS) is 14.7. The number of anilines is 1. The second-order valence-electron chi connectivity index (χ2n) is 6.94. The zero-order valence-electron chi connectivity index (χ0n) is 17.3. The van der Waals surface area contributed by atoms with E-state index in [1.54, 1.807) is 26.4 Å². The number of hydrogen-bond donors (Lipinski definition) is 0. The molecule has 0 saturated heterocycles. The fraction of sp³-hybridized carbons (Fsp3) is 0.348. The molecule has 1 atom stereocenters. The van der Waals surface area contributed by atoms with Gasteiger partial charge in [-0.1, -0.05) is 24.8 Å². The van der Waals surface area contributed by atoms with Gasteiger partial charge in [0.2, 0.25) is 0 Å². The highest BCUT2D eigenvalue weighted by atomic mass is 19.1. The van der Waals surface area contributed by atoms with Gasteiger partial charge in [-0.25, -0.2) is 9.38 Å². The third-order valence-corrected chi connectivity index (χ3v) is 5.12. The van der Waals surface area contributed by atoms with Gasteiger partial charge in [0.25, 0.3) is 0 Å². The van der Waals surface area contributed by atoms with Gasteiger partial charge in [-0.15, -0.1) is 0 Å². The molecule has 29 heavy (non-hydrogen) atoms. The molecule has 0 amide bonds. The lowest BCUT2D eigenvalue weighted by atomic mass is 10.0. The molecule has 154 valence electrons. The van der Waals surface area contributed by atoms with Gasteiger partial charge in [0, 0.05) is 44.3 Å². The van der Waals surface area contributed by atoms with E-state index in [9.17, 15) is 4.39 Å². The molecule has 0 N–H and O–H groups in total. The van der Waals surface area contributed by atoms with Gasteiger partial charge < -0.3 is 9.47 Å². The van der Waals surface area contributed by atoms with Gasteiger partial charge in [-0.2, -0.15) is 0 Å². The summed E-state index contributed by atoms with van der Waals surface area (Å²) in [5.41, 5.74) is 3.50. The lowest BCUT2D eigenvalue weighted by Crippen LogP contribution is -2.49. The molecule has 0 aliphatic carbocycles. The first-order valence-corrected chi connectivity index (χ1v) is 9.71. The zero-order chi connectivity index (χ0) is 20.8. The summed E-state index contributed by atoms with van der Waals surface area (Å²) in [5.74, 6) is 0.567. The molecule has 1 unspecified atom stereocenters. The lowest BCUT2D eigenvalue weighted by molar-refractivity contribution is 0.107. The standard InChI is InChI=1S/C23H28FN3O2/c1-17-21-7-5-6-8-22(21)25-23(27(17)20-11-9-19(24)10-12-20)18(2)26(13-15-28-3)14-16-29-4/h5-12,18H,1,13-16H2,2-4H3. The number of rotatable bonds is 9. The van der Waals surface area contributed by atoms with Crippen LogP contribution in [0.2, 0.25) is 0 Å². The van der Waals surface area contributed by atoms with Crippen molar-refractivity contribution < 1.29 is 13.9 Å². The summed E-state index contributed by atoms with van der Waals surface area (Å²) in [6, 6.07) is 14.3. The number of ether oxygens (including phenoxy) is 2. The molecule has 0 saturated carbocycles. The molecule has 2 aromatic rings. The van der Waals surface area contributed by atoms with Gasteiger partial charge in [0.15, 0.2) is 0 Å². The molecule has 0 aromatic heterocycles. The van der Waals surface area contributed by atoms with E-state index in [1.165, 1.54) is 12.1 Å². The Kier molecular flexibility index (Phi) is 7.14. The number of aliphatic imine (C=N–C) groups is 1. The van der Waals surface area contributed by atoms with E-state index in [2.05, 4.69) is 18.4 Å². The van der Waals surface area contributed by atoms with Crippen molar-refractivity contribution in [3.63, 3.8) is 0 Å². The molecule has 0 radical (unpaired) electrons. The number of methoxy groups -OCH3 is 2.